The summed E-state index contributed by atoms with van der Waals surface area (Å²) >= 11 is 0. The Labute approximate surface area is 109 Å². The van der Waals surface area contributed by atoms with Gasteiger partial charge < -0.3 is 10.0 Å². The molecule has 0 bridgehead atoms. The Morgan fingerprint density at radius 3 is 2.63 bits per heavy atom. The highest BCUT2D eigenvalue weighted by Crippen LogP contribution is 2.28. The Hall–Kier alpha value is -2.18. The van der Waals surface area contributed by atoms with E-state index in [1.165, 1.54) is 0 Å². The topological polar surface area (TPSA) is 83.7 Å². The number of aromatic carboxylic acids is 1. The predicted octanol–water partition coefficient (Wildman–Crippen LogP) is 2.67. The first-order valence-corrected chi connectivity index (χ1v) is 5.80. The maximum absolute atomic E-state index is 13.8. The molecule has 1 N–H and O–H groups in total. The summed E-state index contributed by atoms with van der Waals surface area (Å²) in [5.41, 5.74) is -1.20. The lowest BCUT2D eigenvalue weighted by molar-refractivity contribution is -0.385. The molecule has 1 aromatic rings. The summed E-state index contributed by atoms with van der Waals surface area (Å²) in [7, 11) is 1.62. The molecule has 0 aliphatic carbocycles. The molecule has 1 rings (SSSR count). The summed E-state index contributed by atoms with van der Waals surface area (Å²) in [6.45, 7) is 2.52. The van der Waals surface area contributed by atoms with Crippen molar-refractivity contribution in [1.29, 1.82) is 0 Å². The van der Waals surface area contributed by atoms with Crippen LogP contribution in [0.4, 0.5) is 15.8 Å². The van der Waals surface area contributed by atoms with Gasteiger partial charge in [-0.1, -0.05) is 13.3 Å². The molecule has 7 heteroatoms. The van der Waals surface area contributed by atoms with Gasteiger partial charge in [-0.2, -0.15) is 0 Å². The summed E-state index contributed by atoms with van der Waals surface area (Å²) in [6, 6.07) is 1.66. The summed E-state index contributed by atoms with van der Waals surface area (Å²) in [5, 5.41) is 19.6. The third-order valence-electron chi connectivity index (χ3n) is 2.75. The maximum Gasteiger partial charge on any atom is 0.342 e. The van der Waals surface area contributed by atoms with E-state index in [9.17, 15) is 19.3 Å². The van der Waals surface area contributed by atoms with Gasteiger partial charge >= 0.3 is 5.97 Å². The lowest BCUT2D eigenvalue weighted by Crippen LogP contribution is -2.20. The van der Waals surface area contributed by atoms with Crippen LogP contribution in [0.2, 0.25) is 0 Å². The van der Waals surface area contributed by atoms with Crippen LogP contribution in [-0.4, -0.2) is 29.6 Å². The molecule has 0 spiro atoms. The van der Waals surface area contributed by atoms with Crippen molar-refractivity contribution in [2.24, 2.45) is 0 Å². The van der Waals surface area contributed by atoms with Crippen molar-refractivity contribution in [3.8, 4) is 0 Å². The monoisotopic (exact) mass is 270 g/mol. The van der Waals surface area contributed by atoms with Gasteiger partial charge in [0.15, 0.2) is 5.82 Å². The molecule has 0 heterocycles. The molecule has 0 amide bonds. The standard InChI is InChI=1S/C12H15FN2O4/c1-3-4-5-14(2)11-6-8(12(16)17)10(15(18)19)7-9(11)13/h6-7H,3-5H2,1-2H3,(H,16,17). The van der Waals surface area contributed by atoms with Crippen LogP contribution in [0.1, 0.15) is 30.1 Å². The minimum atomic E-state index is -1.45. The molecule has 0 aliphatic heterocycles. The van der Waals surface area contributed by atoms with Gasteiger partial charge in [-0.15, -0.1) is 0 Å². The first-order valence-electron chi connectivity index (χ1n) is 5.80. The van der Waals surface area contributed by atoms with E-state index in [-0.39, 0.29) is 5.69 Å². The molecule has 0 aromatic heterocycles. The minimum absolute atomic E-state index is 0.0523. The van der Waals surface area contributed by atoms with Gasteiger partial charge in [-0.25, -0.2) is 9.18 Å². The van der Waals surface area contributed by atoms with Gasteiger partial charge in [0.2, 0.25) is 0 Å². The number of hydrogen-bond donors (Lipinski definition) is 1. The van der Waals surface area contributed by atoms with E-state index in [4.69, 9.17) is 5.11 Å². The highest BCUT2D eigenvalue weighted by molar-refractivity contribution is 5.93. The van der Waals surface area contributed by atoms with Crippen LogP contribution in [-0.2, 0) is 0 Å². The lowest BCUT2D eigenvalue weighted by Gasteiger charge is -2.19. The molecule has 104 valence electrons. The van der Waals surface area contributed by atoms with Crippen molar-refractivity contribution < 1.29 is 19.2 Å². The zero-order chi connectivity index (χ0) is 14.6. The summed E-state index contributed by atoms with van der Waals surface area (Å²) < 4.78 is 13.8. The van der Waals surface area contributed by atoms with Crippen LogP contribution in [0.15, 0.2) is 12.1 Å². The van der Waals surface area contributed by atoms with E-state index in [0.717, 1.165) is 18.9 Å². The van der Waals surface area contributed by atoms with Gasteiger partial charge in [0, 0.05) is 13.6 Å². The highest BCUT2D eigenvalue weighted by atomic mass is 19.1. The zero-order valence-electron chi connectivity index (χ0n) is 10.7. The van der Waals surface area contributed by atoms with Gasteiger partial charge in [-0.3, -0.25) is 10.1 Å². The molecular formula is C12H15FN2O4. The fourth-order valence-electron chi connectivity index (χ4n) is 1.68. The van der Waals surface area contributed by atoms with E-state index in [0.29, 0.717) is 12.6 Å². The molecule has 0 unspecified atom stereocenters. The van der Waals surface area contributed by atoms with E-state index in [1.807, 2.05) is 6.92 Å². The smallest absolute Gasteiger partial charge is 0.342 e. The number of nitro groups is 1. The van der Waals surface area contributed by atoms with Crippen molar-refractivity contribution in [3.63, 3.8) is 0 Å². The normalized spacial score (nSPS) is 10.3. The fraction of sp³-hybridized carbons (Fsp3) is 0.417. The first-order chi connectivity index (χ1) is 8.88. The number of anilines is 1. The molecule has 6 nitrogen and oxygen atoms in total. The van der Waals surface area contributed by atoms with E-state index in [1.54, 1.807) is 11.9 Å². The second-order valence-electron chi connectivity index (χ2n) is 4.16. The van der Waals surface area contributed by atoms with Crippen LogP contribution in [0.25, 0.3) is 0 Å². The SMILES string of the molecule is CCCCN(C)c1cc(C(=O)O)c([N+](=O)[O-])cc1F. The quantitative estimate of drug-likeness (QED) is 0.634. The van der Waals surface area contributed by atoms with E-state index < -0.39 is 28.0 Å². The summed E-state index contributed by atoms with van der Waals surface area (Å²) in [5.74, 6) is -2.24. The van der Waals surface area contributed by atoms with Gasteiger partial charge in [-0.05, 0) is 12.5 Å². The maximum atomic E-state index is 13.8. The number of carbonyl (C=O) groups is 1. The van der Waals surface area contributed by atoms with Crippen molar-refractivity contribution >= 4 is 17.3 Å². The van der Waals surface area contributed by atoms with Crippen LogP contribution >= 0.6 is 0 Å². The number of nitrogens with zero attached hydrogens (tertiary/aromatic N) is 2. The molecule has 0 radical (unpaired) electrons. The third-order valence-corrected chi connectivity index (χ3v) is 2.75. The Morgan fingerprint density at radius 2 is 2.16 bits per heavy atom. The highest BCUT2D eigenvalue weighted by Gasteiger charge is 2.24. The van der Waals surface area contributed by atoms with Gasteiger partial charge in [0.1, 0.15) is 5.56 Å². The summed E-state index contributed by atoms with van der Waals surface area (Å²) in [6.07, 6.45) is 1.72. The Bertz CT molecular complexity index is 505. The average molecular weight is 270 g/mol. The number of hydrogen-bond acceptors (Lipinski definition) is 4. The van der Waals surface area contributed by atoms with Crippen molar-refractivity contribution in [1.82, 2.24) is 0 Å². The molecule has 0 saturated heterocycles. The second-order valence-corrected chi connectivity index (χ2v) is 4.16. The number of unbranched alkanes of at least 4 members (excludes halogenated alkanes) is 1. The predicted molar refractivity (Wildman–Crippen MR) is 68.2 cm³/mol. The van der Waals surface area contributed by atoms with E-state index >= 15 is 0 Å². The molecule has 0 atom stereocenters. The Balaban J connectivity index is 3.24. The molecule has 0 aliphatic rings. The van der Waals surface area contributed by atoms with Crippen LogP contribution in [0.3, 0.4) is 0 Å². The first kappa shape index (κ1) is 14.9. The van der Waals surface area contributed by atoms with Crippen LogP contribution < -0.4 is 4.90 Å². The molecule has 0 saturated carbocycles. The number of halogens is 1. The third kappa shape index (κ3) is 3.40. The lowest BCUT2D eigenvalue weighted by atomic mass is 10.1. The minimum Gasteiger partial charge on any atom is -0.477 e. The van der Waals surface area contributed by atoms with Crippen molar-refractivity contribution in [3.05, 3.63) is 33.6 Å². The molecule has 19 heavy (non-hydrogen) atoms. The van der Waals surface area contributed by atoms with Gasteiger partial charge in [0.25, 0.3) is 5.69 Å². The molecular weight excluding hydrogens is 255 g/mol. The van der Waals surface area contributed by atoms with Crippen LogP contribution in [0, 0.1) is 15.9 Å². The number of carboxylic acids is 1. The van der Waals surface area contributed by atoms with Crippen molar-refractivity contribution in [2.75, 3.05) is 18.5 Å². The van der Waals surface area contributed by atoms with Crippen LogP contribution in [0.5, 0.6) is 0 Å². The number of benzene rings is 1. The van der Waals surface area contributed by atoms with Gasteiger partial charge in [0.05, 0.1) is 16.7 Å². The Morgan fingerprint density at radius 1 is 1.53 bits per heavy atom. The zero-order valence-corrected chi connectivity index (χ0v) is 10.7. The number of carboxylic acid groups (broad SMARTS) is 1. The largest absolute Gasteiger partial charge is 0.477 e. The second kappa shape index (κ2) is 6.12. The molecule has 1 aromatic carbocycles. The number of rotatable bonds is 6. The summed E-state index contributed by atoms with van der Waals surface area (Å²) in [4.78, 5) is 22.3. The fourth-order valence-corrected chi connectivity index (χ4v) is 1.68. The number of nitro benzene ring substituents is 1. The van der Waals surface area contributed by atoms with Crippen molar-refractivity contribution in [2.45, 2.75) is 19.8 Å². The molecule has 0 fully saturated rings. The Kier molecular flexibility index (Phi) is 4.80. The van der Waals surface area contributed by atoms with E-state index in [2.05, 4.69) is 0 Å². The average Bonchev–Trinajstić information content (AvgIpc) is 2.34.